The van der Waals surface area contributed by atoms with E-state index >= 15 is 0 Å². The fourth-order valence-corrected chi connectivity index (χ4v) is 3.79. The molecule has 0 bridgehead atoms. The van der Waals surface area contributed by atoms with Gasteiger partial charge in [-0.2, -0.15) is 9.61 Å². The van der Waals surface area contributed by atoms with Crippen LogP contribution in [0.5, 0.6) is 0 Å². The fraction of sp³-hybridized carbons (Fsp3) is 0.450. The molecule has 0 aliphatic carbocycles. The highest BCUT2D eigenvalue weighted by atomic mass is 15.4. The number of hydrogen-bond donors (Lipinski definition) is 3. The predicted molar refractivity (Wildman–Crippen MR) is 120 cm³/mol. The summed E-state index contributed by atoms with van der Waals surface area (Å²) in [4.78, 5) is 15.9. The molecule has 158 valence electrons. The van der Waals surface area contributed by atoms with Crippen molar-refractivity contribution >= 4 is 34.5 Å². The minimum absolute atomic E-state index is 0.320. The number of nitrogens with one attached hydrogen (secondary N) is 2. The van der Waals surface area contributed by atoms with Crippen LogP contribution in [0, 0.1) is 5.41 Å². The van der Waals surface area contributed by atoms with E-state index in [-0.39, 0.29) is 0 Å². The van der Waals surface area contributed by atoms with E-state index in [1.807, 2.05) is 13.0 Å². The van der Waals surface area contributed by atoms with Gasteiger partial charge in [-0.25, -0.2) is 15.0 Å². The number of aromatic nitrogens is 3. The Labute approximate surface area is 175 Å². The molecule has 2 aromatic heterocycles. The van der Waals surface area contributed by atoms with Crippen LogP contribution in [-0.4, -0.2) is 88.2 Å². The Balaban J connectivity index is 1.68. The number of nitrogens with two attached hydrogens (primary N) is 1. The topological polar surface area (TPSA) is 120 Å². The second kappa shape index (κ2) is 7.52. The van der Waals surface area contributed by atoms with Crippen molar-refractivity contribution in [2.45, 2.75) is 19.4 Å². The number of quaternary nitrogens is 1. The summed E-state index contributed by atoms with van der Waals surface area (Å²) in [5.41, 5.74) is 8.06. The molecular formula is C20H29N10+. The number of fused-ring (bicyclic) bond motifs is 1. The van der Waals surface area contributed by atoms with Gasteiger partial charge in [0.2, 0.25) is 0 Å². The Kier molecular flexibility index (Phi) is 5.02. The molecular weight excluding hydrogens is 380 g/mol. The summed E-state index contributed by atoms with van der Waals surface area (Å²) < 4.78 is 2.60. The van der Waals surface area contributed by atoms with Gasteiger partial charge in [-0.05, 0) is 19.1 Å². The molecule has 10 nitrogen and oxygen atoms in total. The number of hydrogen-bond acceptors (Lipinski definition) is 7. The fourth-order valence-electron chi connectivity index (χ4n) is 3.79. The summed E-state index contributed by atoms with van der Waals surface area (Å²) in [7, 11) is 6.60. The maximum Gasteiger partial charge on any atom is 0.183 e. The Bertz CT molecular complexity index is 1070. The SMILES string of the molecule is CCNc1ccnc2c(/N=C3\N=C(N4CCC([N+](C)(C)C)C4)C(=N)C=C3N)cnn12. The number of nitrogens with zero attached hydrogens (tertiary/aromatic N) is 7. The van der Waals surface area contributed by atoms with E-state index in [1.54, 1.807) is 23.0 Å². The van der Waals surface area contributed by atoms with E-state index in [2.05, 4.69) is 51.4 Å². The van der Waals surface area contributed by atoms with Crippen LogP contribution in [0.15, 0.2) is 40.2 Å². The van der Waals surface area contributed by atoms with Gasteiger partial charge < -0.3 is 20.4 Å². The molecule has 2 aromatic rings. The van der Waals surface area contributed by atoms with Crippen molar-refractivity contribution in [3.63, 3.8) is 0 Å². The summed E-state index contributed by atoms with van der Waals surface area (Å²) in [6.45, 7) is 4.53. The zero-order chi connectivity index (χ0) is 21.5. The lowest BCUT2D eigenvalue weighted by Gasteiger charge is -2.31. The lowest BCUT2D eigenvalue weighted by atomic mass is 10.2. The standard InChI is InChI=1S/C20H29N10/c1-5-23-17-6-8-24-20-16(11-25-29(17)20)26-18-14(21)10-15(22)19(27-18)28-9-7-13(12-28)30(2,3)4/h6,8,10-11,13,22-23H,5,7,9,12,21H2,1-4H3/q+1/b22-15?,26-18-. The van der Waals surface area contributed by atoms with Crippen molar-refractivity contribution in [3.8, 4) is 0 Å². The van der Waals surface area contributed by atoms with Crippen LogP contribution in [0.2, 0.25) is 0 Å². The average molecular weight is 410 g/mol. The van der Waals surface area contributed by atoms with Crippen LogP contribution in [0.25, 0.3) is 5.65 Å². The molecule has 30 heavy (non-hydrogen) atoms. The van der Waals surface area contributed by atoms with E-state index in [9.17, 15) is 0 Å². The van der Waals surface area contributed by atoms with Crippen molar-refractivity contribution in [2.75, 3.05) is 46.1 Å². The molecule has 10 heteroatoms. The van der Waals surface area contributed by atoms with Crippen LogP contribution in [-0.2, 0) is 0 Å². The zero-order valence-electron chi connectivity index (χ0n) is 17.9. The Morgan fingerprint density at radius 3 is 2.87 bits per heavy atom. The molecule has 1 saturated heterocycles. The minimum atomic E-state index is 0.320. The molecule has 2 aliphatic heterocycles. The van der Waals surface area contributed by atoms with Crippen molar-refractivity contribution in [1.29, 1.82) is 5.41 Å². The first-order valence-corrected chi connectivity index (χ1v) is 10.1. The van der Waals surface area contributed by atoms with Gasteiger partial charge in [0.25, 0.3) is 0 Å². The number of amidine groups is 2. The second-order valence-electron chi connectivity index (χ2n) is 8.51. The summed E-state index contributed by atoms with van der Waals surface area (Å²) >= 11 is 0. The Hall–Kier alpha value is -3.27. The van der Waals surface area contributed by atoms with Gasteiger partial charge >= 0.3 is 0 Å². The number of rotatable bonds is 4. The molecule has 0 spiro atoms. The van der Waals surface area contributed by atoms with Crippen LogP contribution >= 0.6 is 0 Å². The zero-order valence-corrected chi connectivity index (χ0v) is 17.9. The van der Waals surface area contributed by atoms with Crippen molar-refractivity contribution in [2.24, 2.45) is 15.7 Å². The summed E-state index contributed by atoms with van der Waals surface area (Å²) in [6.07, 6.45) is 6.07. The third kappa shape index (κ3) is 3.65. The van der Waals surface area contributed by atoms with Crippen LogP contribution < -0.4 is 11.1 Å². The molecule has 1 unspecified atom stereocenters. The van der Waals surface area contributed by atoms with Crippen LogP contribution in [0.1, 0.15) is 13.3 Å². The van der Waals surface area contributed by atoms with Crippen molar-refractivity contribution < 1.29 is 4.48 Å². The smallest absolute Gasteiger partial charge is 0.183 e. The van der Waals surface area contributed by atoms with Crippen LogP contribution in [0.4, 0.5) is 11.5 Å². The van der Waals surface area contributed by atoms with Crippen molar-refractivity contribution in [1.82, 2.24) is 19.5 Å². The molecule has 0 radical (unpaired) electrons. The third-order valence-corrected chi connectivity index (χ3v) is 5.54. The second-order valence-corrected chi connectivity index (χ2v) is 8.51. The average Bonchev–Trinajstić information content (AvgIpc) is 3.32. The van der Waals surface area contributed by atoms with Gasteiger partial charge in [-0.1, -0.05) is 0 Å². The Morgan fingerprint density at radius 2 is 2.17 bits per heavy atom. The van der Waals surface area contributed by atoms with E-state index in [0.29, 0.717) is 40.5 Å². The lowest BCUT2D eigenvalue weighted by Crippen LogP contribution is -2.47. The maximum atomic E-state index is 8.38. The molecule has 1 fully saturated rings. The maximum absolute atomic E-state index is 8.38. The molecule has 4 rings (SSSR count). The quantitative estimate of drug-likeness (QED) is 0.657. The van der Waals surface area contributed by atoms with Gasteiger partial charge in [0.05, 0.1) is 45.3 Å². The number of likely N-dealkylation sites (N-methyl/N-ethyl adjacent to an activating group) is 1. The normalized spacial score (nSPS) is 21.3. The highest BCUT2D eigenvalue weighted by Gasteiger charge is 2.35. The van der Waals surface area contributed by atoms with Gasteiger partial charge in [0.1, 0.15) is 17.5 Å². The molecule has 0 saturated carbocycles. The molecule has 1 atom stereocenters. The molecule has 4 N–H and O–H groups in total. The number of likely N-dealkylation sites (tertiary alicyclic amines) is 1. The number of aliphatic imine (C=N–C) groups is 2. The summed E-state index contributed by atoms with van der Waals surface area (Å²) in [6, 6.07) is 2.36. The summed E-state index contributed by atoms with van der Waals surface area (Å²) in [5.74, 6) is 1.85. The molecule has 0 aromatic carbocycles. The van der Waals surface area contributed by atoms with Crippen LogP contribution in [0.3, 0.4) is 0 Å². The predicted octanol–water partition coefficient (Wildman–Crippen LogP) is 1.25. The van der Waals surface area contributed by atoms with Gasteiger partial charge in [0, 0.05) is 25.7 Å². The first kappa shape index (κ1) is 20.0. The third-order valence-electron chi connectivity index (χ3n) is 5.54. The van der Waals surface area contributed by atoms with Gasteiger partial charge in [0.15, 0.2) is 17.3 Å². The minimum Gasteiger partial charge on any atom is -0.396 e. The van der Waals surface area contributed by atoms with Gasteiger partial charge in [-0.3, -0.25) is 5.41 Å². The molecule has 2 aliphatic rings. The lowest BCUT2D eigenvalue weighted by molar-refractivity contribution is -0.893. The monoisotopic (exact) mass is 409 g/mol. The highest BCUT2D eigenvalue weighted by molar-refractivity contribution is 6.48. The van der Waals surface area contributed by atoms with E-state index in [4.69, 9.17) is 11.1 Å². The van der Waals surface area contributed by atoms with E-state index < -0.39 is 0 Å². The number of dihydropyridines is 1. The van der Waals surface area contributed by atoms with Crippen molar-refractivity contribution in [3.05, 3.63) is 30.2 Å². The first-order valence-electron chi connectivity index (χ1n) is 10.1. The first-order chi connectivity index (χ1) is 14.3. The van der Waals surface area contributed by atoms with Gasteiger partial charge in [-0.15, -0.1) is 0 Å². The number of anilines is 1. The highest BCUT2D eigenvalue weighted by Crippen LogP contribution is 2.24. The molecule has 4 heterocycles. The largest absolute Gasteiger partial charge is 0.396 e. The molecule has 0 amide bonds. The summed E-state index contributed by atoms with van der Waals surface area (Å²) in [5, 5.41) is 16.0. The van der Waals surface area contributed by atoms with E-state index in [1.165, 1.54) is 0 Å². The van der Waals surface area contributed by atoms with E-state index in [0.717, 1.165) is 36.4 Å². The Morgan fingerprint density at radius 1 is 1.37 bits per heavy atom.